The zero-order valence-electron chi connectivity index (χ0n) is 33.4. The summed E-state index contributed by atoms with van der Waals surface area (Å²) in [6.07, 6.45) is 0. The fourth-order valence-electron chi connectivity index (χ4n) is 10.0. The van der Waals surface area contributed by atoms with E-state index >= 15 is 0 Å². The second-order valence-corrected chi connectivity index (χ2v) is 17.1. The molecule has 1 aromatic heterocycles. The van der Waals surface area contributed by atoms with Crippen LogP contribution in [0, 0.1) is 0 Å². The van der Waals surface area contributed by atoms with Crippen molar-refractivity contribution in [2.24, 2.45) is 0 Å². The van der Waals surface area contributed by atoms with Crippen LogP contribution >= 0.6 is 11.3 Å². The molecule has 2 heteroatoms. The number of hydrogen-bond donors (Lipinski definition) is 0. The summed E-state index contributed by atoms with van der Waals surface area (Å²) in [5.74, 6) is 0. The minimum Gasteiger partial charge on any atom is -0.310 e. The van der Waals surface area contributed by atoms with Crippen LogP contribution in [0.25, 0.3) is 64.3 Å². The van der Waals surface area contributed by atoms with Gasteiger partial charge in [0.05, 0.1) is 11.1 Å². The Morgan fingerprint density at radius 2 is 0.951 bits per heavy atom. The number of rotatable bonds is 7. The fraction of sp³-hybridized carbons (Fsp3) is 0.0169. The maximum atomic E-state index is 2.51. The number of nitrogens with zero attached hydrogens (tertiary/aromatic N) is 1. The topological polar surface area (TPSA) is 3.24 Å². The van der Waals surface area contributed by atoms with Gasteiger partial charge < -0.3 is 4.90 Å². The zero-order valence-corrected chi connectivity index (χ0v) is 34.2. The van der Waals surface area contributed by atoms with Gasteiger partial charge in [-0.25, -0.2) is 0 Å². The molecule has 10 aromatic carbocycles. The summed E-state index contributed by atoms with van der Waals surface area (Å²) < 4.78 is 2.58. The normalized spacial score (nSPS) is 12.7. The van der Waals surface area contributed by atoms with E-state index in [0.717, 1.165) is 17.1 Å². The minimum absolute atomic E-state index is 0.524. The molecule has 0 N–H and O–H groups in total. The van der Waals surface area contributed by atoms with Crippen LogP contribution in [0.15, 0.2) is 237 Å². The van der Waals surface area contributed by atoms with Gasteiger partial charge in [-0.1, -0.05) is 194 Å². The van der Waals surface area contributed by atoms with E-state index in [4.69, 9.17) is 0 Å². The molecule has 0 saturated carbocycles. The lowest BCUT2D eigenvalue weighted by molar-refractivity contribution is 0.768. The highest BCUT2D eigenvalue weighted by molar-refractivity contribution is 7.26. The van der Waals surface area contributed by atoms with Crippen LogP contribution in [0.2, 0.25) is 0 Å². The third kappa shape index (κ3) is 5.60. The monoisotopic (exact) mass is 793 g/mol. The molecule has 1 heterocycles. The van der Waals surface area contributed by atoms with Crippen molar-refractivity contribution in [1.29, 1.82) is 0 Å². The summed E-state index contributed by atoms with van der Waals surface area (Å²) in [4.78, 5) is 2.51. The third-order valence-corrected chi connectivity index (χ3v) is 13.9. The summed E-state index contributed by atoms with van der Waals surface area (Å²) in [6, 6.07) is 87.4. The molecule has 12 rings (SSSR count). The molecule has 286 valence electrons. The predicted octanol–water partition coefficient (Wildman–Crippen LogP) is 16.4. The first kappa shape index (κ1) is 35.4. The largest absolute Gasteiger partial charge is 0.310 e. The molecule has 1 nitrogen and oxygen atoms in total. The molecule has 0 unspecified atom stereocenters. The summed E-state index contributed by atoms with van der Waals surface area (Å²) >= 11 is 1.89. The molecular formula is C59H39NS. The molecule has 11 aromatic rings. The van der Waals surface area contributed by atoms with Crippen LogP contribution in [-0.2, 0) is 5.41 Å². The first-order valence-electron chi connectivity index (χ1n) is 21.0. The highest BCUT2D eigenvalue weighted by Gasteiger charge is 2.46. The van der Waals surface area contributed by atoms with Gasteiger partial charge >= 0.3 is 0 Å². The van der Waals surface area contributed by atoms with E-state index in [-0.39, 0.29) is 0 Å². The summed E-state index contributed by atoms with van der Waals surface area (Å²) in [5.41, 5.74) is 15.3. The Morgan fingerprint density at radius 3 is 1.72 bits per heavy atom. The van der Waals surface area contributed by atoms with Crippen molar-refractivity contribution in [3.8, 4) is 33.4 Å². The van der Waals surface area contributed by atoms with Gasteiger partial charge in [0.2, 0.25) is 0 Å². The molecule has 1 aliphatic carbocycles. The molecule has 0 spiro atoms. The van der Waals surface area contributed by atoms with Crippen LogP contribution in [0.1, 0.15) is 22.3 Å². The summed E-state index contributed by atoms with van der Waals surface area (Å²) in [7, 11) is 0. The second-order valence-electron chi connectivity index (χ2n) is 16.0. The molecule has 61 heavy (non-hydrogen) atoms. The van der Waals surface area contributed by atoms with Gasteiger partial charge in [-0.3, -0.25) is 0 Å². The average molecular weight is 794 g/mol. The maximum Gasteiger partial charge on any atom is 0.0714 e. The SMILES string of the molecule is c1ccc(-c2ccc(N(c3ccc4c(c3)C(c3ccccc3)(c3ccccc3)c3ccccc3-4)c3ccc4c(sc5ccccc54)c3-c3ccc4ccccc4c3)cc2)cc1. The zero-order chi connectivity index (χ0) is 40.3. The Bertz CT molecular complexity index is 3360. The van der Waals surface area contributed by atoms with Gasteiger partial charge in [-0.15, -0.1) is 11.3 Å². The summed E-state index contributed by atoms with van der Waals surface area (Å²) in [5, 5.41) is 5.04. The highest BCUT2D eigenvalue weighted by atomic mass is 32.1. The number of anilines is 3. The molecule has 0 radical (unpaired) electrons. The van der Waals surface area contributed by atoms with Gasteiger partial charge in [-0.05, 0) is 103 Å². The smallest absolute Gasteiger partial charge is 0.0714 e. The van der Waals surface area contributed by atoms with Crippen LogP contribution in [0.5, 0.6) is 0 Å². The van der Waals surface area contributed by atoms with Crippen molar-refractivity contribution in [3.63, 3.8) is 0 Å². The van der Waals surface area contributed by atoms with Crippen molar-refractivity contribution >= 4 is 59.3 Å². The second kappa shape index (κ2) is 14.3. The lowest BCUT2D eigenvalue weighted by Crippen LogP contribution is -2.28. The van der Waals surface area contributed by atoms with Crippen molar-refractivity contribution in [2.45, 2.75) is 5.41 Å². The molecule has 0 saturated heterocycles. The standard InChI is InChI=1S/C59H39NS/c1-4-16-40(17-5-1)42-30-32-47(33-31-42)60(55-37-36-52-51-25-13-15-27-56(51)61-58(52)57(55)44-29-28-41-18-10-11-19-43(41)38-44)48-34-35-50-49-24-12-14-26-53(49)59(54(50)39-48,45-20-6-2-7-21-45)46-22-8-3-9-23-46/h1-39H. The molecule has 0 atom stereocenters. The summed E-state index contributed by atoms with van der Waals surface area (Å²) in [6.45, 7) is 0. The van der Waals surface area contributed by atoms with Crippen LogP contribution in [-0.4, -0.2) is 0 Å². The molecule has 0 aliphatic heterocycles. The Kier molecular flexibility index (Phi) is 8.33. The maximum absolute atomic E-state index is 2.51. The Hall–Kier alpha value is -7.52. The van der Waals surface area contributed by atoms with Crippen molar-refractivity contribution in [1.82, 2.24) is 0 Å². The Labute approximate surface area is 360 Å². The first-order valence-corrected chi connectivity index (χ1v) is 21.8. The number of benzene rings is 10. The lowest BCUT2D eigenvalue weighted by Gasteiger charge is -2.35. The molecule has 1 aliphatic rings. The molecule has 0 fully saturated rings. The average Bonchev–Trinajstić information content (AvgIpc) is 3.86. The molecule has 0 amide bonds. The van der Waals surface area contributed by atoms with Gasteiger partial charge in [0.25, 0.3) is 0 Å². The highest BCUT2D eigenvalue weighted by Crippen LogP contribution is 2.58. The van der Waals surface area contributed by atoms with E-state index in [2.05, 4.69) is 241 Å². The lowest BCUT2D eigenvalue weighted by atomic mass is 9.67. The van der Waals surface area contributed by atoms with Crippen molar-refractivity contribution in [3.05, 3.63) is 259 Å². The molecular weight excluding hydrogens is 755 g/mol. The van der Waals surface area contributed by atoms with E-state index < -0.39 is 5.41 Å². The van der Waals surface area contributed by atoms with E-state index in [1.54, 1.807) is 0 Å². The first-order chi connectivity index (χ1) is 30.3. The van der Waals surface area contributed by atoms with Crippen molar-refractivity contribution in [2.75, 3.05) is 4.90 Å². The fourth-order valence-corrected chi connectivity index (χ4v) is 11.3. The van der Waals surface area contributed by atoms with Gasteiger partial charge in [0.15, 0.2) is 0 Å². The third-order valence-electron chi connectivity index (χ3n) is 12.7. The van der Waals surface area contributed by atoms with Crippen LogP contribution in [0.4, 0.5) is 17.1 Å². The van der Waals surface area contributed by atoms with Gasteiger partial charge in [-0.2, -0.15) is 0 Å². The van der Waals surface area contributed by atoms with Gasteiger partial charge in [0.1, 0.15) is 0 Å². The predicted molar refractivity (Wildman–Crippen MR) is 260 cm³/mol. The van der Waals surface area contributed by atoms with E-state index in [0.29, 0.717) is 0 Å². The minimum atomic E-state index is -0.524. The van der Waals surface area contributed by atoms with Crippen molar-refractivity contribution < 1.29 is 0 Å². The van der Waals surface area contributed by atoms with Gasteiger partial charge in [0, 0.05) is 37.1 Å². The molecule has 0 bridgehead atoms. The Morgan fingerprint density at radius 1 is 0.361 bits per heavy atom. The number of fused-ring (bicyclic) bond motifs is 7. The number of hydrogen-bond acceptors (Lipinski definition) is 2. The number of thiophene rings is 1. The Balaban J connectivity index is 1.16. The van der Waals surface area contributed by atoms with E-state index in [1.807, 2.05) is 11.3 Å². The van der Waals surface area contributed by atoms with E-state index in [9.17, 15) is 0 Å². The van der Waals surface area contributed by atoms with E-state index in [1.165, 1.54) is 86.6 Å². The quantitative estimate of drug-likeness (QED) is 0.155. The van der Waals surface area contributed by atoms with Crippen LogP contribution in [0.3, 0.4) is 0 Å². The van der Waals surface area contributed by atoms with Crippen LogP contribution < -0.4 is 4.90 Å².